The first-order chi connectivity index (χ1) is 10.9. The number of esters is 1. The molecule has 0 aromatic heterocycles. The minimum Gasteiger partial charge on any atom is -0.496 e. The van der Waals surface area contributed by atoms with E-state index in [9.17, 15) is 18.0 Å². The van der Waals surface area contributed by atoms with Gasteiger partial charge in [-0.15, -0.1) is 0 Å². The van der Waals surface area contributed by atoms with Crippen LogP contribution in [-0.2, 0) is 10.9 Å². The Morgan fingerprint density at radius 3 is 2.39 bits per heavy atom. The molecule has 3 nitrogen and oxygen atoms in total. The Labute approximate surface area is 131 Å². The first-order valence-corrected chi connectivity index (χ1v) is 6.90. The van der Waals surface area contributed by atoms with Gasteiger partial charge in [-0.2, -0.15) is 13.2 Å². The van der Waals surface area contributed by atoms with Crippen LogP contribution in [0.25, 0.3) is 11.1 Å². The second-order valence-electron chi connectivity index (χ2n) is 4.68. The highest BCUT2D eigenvalue weighted by Crippen LogP contribution is 2.40. The Morgan fingerprint density at radius 1 is 1.09 bits per heavy atom. The van der Waals surface area contributed by atoms with Crippen molar-refractivity contribution in [3.63, 3.8) is 0 Å². The quantitative estimate of drug-likeness (QED) is 0.774. The molecule has 122 valence electrons. The van der Waals surface area contributed by atoms with Crippen molar-refractivity contribution in [2.24, 2.45) is 0 Å². The van der Waals surface area contributed by atoms with Crippen LogP contribution in [0.4, 0.5) is 13.2 Å². The molecule has 0 unspecified atom stereocenters. The first kappa shape index (κ1) is 16.9. The lowest BCUT2D eigenvalue weighted by atomic mass is 9.96. The Kier molecular flexibility index (Phi) is 4.93. The van der Waals surface area contributed by atoms with Gasteiger partial charge in [-0.3, -0.25) is 0 Å². The molecule has 2 rings (SSSR count). The molecular weight excluding hydrogens is 309 g/mol. The molecule has 0 aliphatic heterocycles. The minimum absolute atomic E-state index is 0.0528. The molecular formula is C17H15F3O3. The molecule has 0 aliphatic rings. The third kappa shape index (κ3) is 3.64. The van der Waals surface area contributed by atoms with Gasteiger partial charge in [-0.05, 0) is 36.8 Å². The molecule has 2 aromatic rings. The van der Waals surface area contributed by atoms with E-state index >= 15 is 0 Å². The van der Waals surface area contributed by atoms with Gasteiger partial charge < -0.3 is 9.47 Å². The highest BCUT2D eigenvalue weighted by molar-refractivity contribution is 5.92. The number of halogens is 3. The van der Waals surface area contributed by atoms with E-state index in [0.717, 1.165) is 6.07 Å². The Hall–Kier alpha value is -2.50. The van der Waals surface area contributed by atoms with Crippen molar-refractivity contribution < 1.29 is 27.4 Å². The highest BCUT2D eigenvalue weighted by Gasteiger charge is 2.34. The molecule has 0 N–H and O–H groups in total. The first-order valence-electron chi connectivity index (χ1n) is 6.90. The zero-order chi connectivity index (χ0) is 17.0. The lowest BCUT2D eigenvalue weighted by molar-refractivity contribution is -0.137. The third-order valence-electron chi connectivity index (χ3n) is 3.23. The second kappa shape index (κ2) is 6.73. The standard InChI is InChI=1S/C17H15F3O3/c1-3-23-16(21)11-8-9-15(22-2)13(10-11)12-6-4-5-7-14(12)17(18,19)20/h4-10H,3H2,1-2H3. The van der Waals surface area contributed by atoms with Crippen molar-refractivity contribution in [3.8, 4) is 16.9 Å². The van der Waals surface area contributed by atoms with Crippen molar-refractivity contribution in [2.75, 3.05) is 13.7 Å². The van der Waals surface area contributed by atoms with Crippen LogP contribution in [0, 0.1) is 0 Å². The molecule has 0 fully saturated rings. The van der Waals surface area contributed by atoms with Crippen molar-refractivity contribution in [1.29, 1.82) is 0 Å². The summed E-state index contributed by atoms with van der Waals surface area (Å²) >= 11 is 0. The fraction of sp³-hybridized carbons (Fsp3) is 0.235. The highest BCUT2D eigenvalue weighted by atomic mass is 19.4. The van der Waals surface area contributed by atoms with Crippen LogP contribution >= 0.6 is 0 Å². The summed E-state index contributed by atoms with van der Waals surface area (Å²) in [6.07, 6.45) is -4.51. The van der Waals surface area contributed by atoms with Gasteiger partial charge in [0.15, 0.2) is 0 Å². The number of ether oxygens (including phenoxy) is 2. The van der Waals surface area contributed by atoms with Crippen molar-refractivity contribution in [2.45, 2.75) is 13.1 Å². The van der Waals surface area contributed by atoms with Gasteiger partial charge in [0, 0.05) is 5.56 Å². The average Bonchev–Trinajstić information content (AvgIpc) is 2.53. The van der Waals surface area contributed by atoms with E-state index in [-0.39, 0.29) is 29.0 Å². The smallest absolute Gasteiger partial charge is 0.417 e. The zero-order valence-corrected chi connectivity index (χ0v) is 12.6. The largest absolute Gasteiger partial charge is 0.496 e. The summed E-state index contributed by atoms with van der Waals surface area (Å²) in [5, 5.41) is 0. The fourth-order valence-electron chi connectivity index (χ4n) is 2.23. The van der Waals surface area contributed by atoms with Gasteiger partial charge in [0.1, 0.15) is 5.75 Å². The number of carbonyl (C=O) groups excluding carboxylic acids is 1. The minimum atomic E-state index is -4.51. The van der Waals surface area contributed by atoms with Gasteiger partial charge in [-0.1, -0.05) is 18.2 Å². The van der Waals surface area contributed by atoms with Crippen LogP contribution in [0.2, 0.25) is 0 Å². The van der Waals surface area contributed by atoms with Gasteiger partial charge >= 0.3 is 12.1 Å². The number of hydrogen-bond acceptors (Lipinski definition) is 3. The summed E-state index contributed by atoms with van der Waals surface area (Å²) in [5.74, 6) is -0.351. The van der Waals surface area contributed by atoms with Gasteiger partial charge in [0.05, 0.1) is 24.8 Å². The number of carbonyl (C=O) groups is 1. The monoisotopic (exact) mass is 324 g/mol. The van der Waals surface area contributed by atoms with Crippen molar-refractivity contribution in [3.05, 3.63) is 53.6 Å². The van der Waals surface area contributed by atoms with E-state index in [0.29, 0.717) is 0 Å². The zero-order valence-electron chi connectivity index (χ0n) is 12.6. The van der Waals surface area contributed by atoms with Crippen LogP contribution in [0.1, 0.15) is 22.8 Å². The van der Waals surface area contributed by atoms with Crippen LogP contribution in [0.5, 0.6) is 5.75 Å². The fourth-order valence-corrected chi connectivity index (χ4v) is 2.23. The maximum absolute atomic E-state index is 13.2. The van der Waals surface area contributed by atoms with E-state index in [1.54, 1.807) is 6.92 Å². The average molecular weight is 324 g/mol. The Bertz CT molecular complexity index is 708. The molecule has 0 spiro atoms. The molecule has 0 radical (unpaired) electrons. The van der Waals surface area contributed by atoms with E-state index in [1.165, 1.54) is 43.5 Å². The van der Waals surface area contributed by atoms with E-state index < -0.39 is 17.7 Å². The SMILES string of the molecule is CCOC(=O)c1ccc(OC)c(-c2ccccc2C(F)(F)F)c1. The van der Waals surface area contributed by atoms with Crippen LogP contribution in [0.3, 0.4) is 0 Å². The van der Waals surface area contributed by atoms with E-state index in [2.05, 4.69) is 0 Å². The van der Waals surface area contributed by atoms with Crippen molar-refractivity contribution >= 4 is 5.97 Å². The number of methoxy groups -OCH3 is 1. The lowest BCUT2D eigenvalue weighted by Gasteiger charge is -2.16. The topological polar surface area (TPSA) is 35.5 Å². The van der Waals surface area contributed by atoms with E-state index in [4.69, 9.17) is 9.47 Å². The summed E-state index contributed by atoms with van der Waals surface area (Å²) in [6, 6.07) is 9.41. The predicted molar refractivity (Wildman–Crippen MR) is 79.4 cm³/mol. The lowest BCUT2D eigenvalue weighted by Crippen LogP contribution is -2.08. The second-order valence-corrected chi connectivity index (χ2v) is 4.68. The summed E-state index contributed by atoms with van der Waals surface area (Å²) < 4.78 is 49.7. The Balaban J connectivity index is 2.63. The van der Waals surface area contributed by atoms with Gasteiger partial charge in [-0.25, -0.2) is 4.79 Å². The molecule has 0 atom stereocenters. The molecule has 23 heavy (non-hydrogen) atoms. The summed E-state index contributed by atoms with van der Waals surface area (Å²) in [5.41, 5.74) is -0.493. The van der Waals surface area contributed by atoms with Crippen LogP contribution < -0.4 is 4.74 Å². The van der Waals surface area contributed by atoms with Crippen LogP contribution in [0.15, 0.2) is 42.5 Å². The molecule has 0 saturated heterocycles. The molecule has 0 amide bonds. The third-order valence-corrected chi connectivity index (χ3v) is 3.23. The summed E-state index contributed by atoms with van der Waals surface area (Å²) in [4.78, 5) is 11.8. The molecule has 0 heterocycles. The number of rotatable bonds is 4. The maximum atomic E-state index is 13.2. The van der Waals surface area contributed by atoms with Crippen LogP contribution in [-0.4, -0.2) is 19.7 Å². The molecule has 0 bridgehead atoms. The molecule has 0 saturated carbocycles. The Morgan fingerprint density at radius 2 is 1.78 bits per heavy atom. The molecule has 2 aromatic carbocycles. The maximum Gasteiger partial charge on any atom is 0.417 e. The van der Waals surface area contributed by atoms with E-state index in [1.807, 2.05) is 0 Å². The molecule has 6 heteroatoms. The number of hydrogen-bond donors (Lipinski definition) is 0. The van der Waals surface area contributed by atoms with Gasteiger partial charge in [0.2, 0.25) is 0 Å². The normalized spacial score (nSPS) is 11.2. The molecule has 0 aliphatic carbocycles. The summed E-state index contributed by atoms with van der Waals surface area (Å²) in [7, 11) is 1.36. The van der Waals surface area contributed by atoms with Gasteiger partial charge in [0.25, 0.3) is 0 Å². The van der Waals surface area contributed by atoms with Crippen molar-refractivity contribution in [1.82, 2.24) is 0 Å². The number of alkyl halides is 3. The number of benzene rings is 2. The predicted octanol–water partition coefficient (Wildman–Crippen LogP) is 4.56. The summed E-state index contributed by atoms with van der Waals surface area (Å²) in [6.45, 7) is 1.83.